The van der Waals surface area contributed by atoms with Gasteiger partial charge in [-0.25, -0.2) is 4.98 Å². The number of amides is 1. The number of nitrogens with zero attached hydrogens (tertiary/aromatic N) is 6. The van der Waals surface area contributed by atoms with Gasteiger partial charge in [-0.2, -0.15) is 9.61 Å². The number of carbonyl (C=O) groups is 1. The summed E-state index contributed by atoms with van der Waals surface area (Å²) < 4.78 is 3.46. The lowest BCUT2D eigenvalue weighted by Gasteiger charge is -2.35. The summed E-state index contributed by atoms with van der Waals surface area (Å²) >= 11 is 0. The van der Waals surface area contributed by atoms with Crippen LogP contribution in [0.3, 0.4) is 0 Å². The van der Waals surface area contributed by atoms with E-state index in [0.29, 0.717) is 31.5 Å². The largest absolute Gasteiger partial charge is 0.353 e. The zero-order valence-electron chi connectivity index (χ0n) is 20.4. The first-order valence-electron chi connectivity index (χ1n) is 12.0. The van der Waals surface area contributed by atoms with E-state index >= 15 is 0 Å². The maximum Gasteiger partial charge on any atom is 0.277 e. The zero-order valence-corrected chi connectivity index (χ0v) is 20.4. The average Bonchev–Trinajstić information content (AvgIpc) is 3.34. The second kappa shape index (κ2) is 9.37. The predicted octanol–water partition coefficient (Wildman–Crippen LogP) is 2.99. The number of fused-ring (bicyclic) bond motifs is 1. The lowest BCUT2D eigenvalue weighted by Crippen LogP contribution is -2.49. The standard InChI is InChI=1S/C27H30N6O2/c1-19-8-4-5-9-21(19)23-18-25-30(3)20(2)22(27(35)33(25)29-23)11-12-26(34)32-16-14-31(15-17-32)24-10-6-7-13-28-24/h4-10,13,18H,11-12,14-17H2,1-3H3. The number of aryl methyl sites for hydroxylation is 2. The van der Waals surface area contributed by atoms with Gasteiger partial charge in [0, 0.05) is 68.7 Å². The molecule has 1 fully saturated rings. The van der Waals surface area contributed by atoms with Crippen LogP contribution in [0.5, 0.6) is 0 Å². The second-order valence-corrected chi connectivity index (χ2v) is 9.10. The number of carbonyl (C=O) groups excluding carboxylic acids is 1. The third kappa shape index (κ3) is 4.32. The van der Waals surface area contributed by atoms with Crippen molar-refractivity contribution in [3.63, 3.8) is 0 Å². The van der Waals surface area contributed by atoms with Crippen LogP contribution in [0.25, 0.3) is 16.9 Å². The van der Waals surface area contributed by atoms with Crippen LogP contribution in [0, 0.1) is 13.8 Å². The molecule has 1 saturated heterocycles. The van der Waals surface area contributed by atoms with E-state index in [0.717, 1.165) is 47.1 Å². The smallest absolute Gasteiger partial charge is 0.277 e. The van der Waals surface area contributed by atoms with Crippen LogP contribution in [-0.2, 0) is 18.3 Å². The van der Waals surface area contributed by atoms with E-state index in [2.05, 4.69) is 15.0 Å². The van der Waals surface area contributed by atoms with Crippen LogP contribution in [0.15, 0.2) is 59.5 Å². The normalized spacial score (nSPS) is 14.0. The highest BCUT2D eigenvalue weighted by Crippen LogP contribution is 2.23. The van der Waals surface area contributed by atoms with E-state index in [1.54, 1.807) is 6.20 Å². The van der Waals surface area contributed by atoms with E-state index in [9.17, 15) is 9.59 Å². The van der Waals surface area contributed by atoms with Crippen molar-refractivity contribution in [2.45, 2.75) is 26.7 Å². The van der Waals surface area contributed by atoms with Crippen LogP contribution in [0.4, 0.5) is 5.82 Å². The number of hydrogen-bond acceptors (Lipinski definition) is 5. The Morgan fingerprint density at radius 2 is 1.74 bits per heavy atom. The van der Waals surface area contributed by atoms with Gasteiger partial charge in [0.1, 0.15) is 11.5 Å². The van der Waals surface area contributed by atoms with Gasteiger partial charge in [-0.15, -0.1) is 0 Å². The molecule has 1 aromatic carbocycles. The summed E-state index contributed by atoms with van der Waals surface area (Å²) in [5.41, 5.74) is 4.99. The number of pyridine rings is 1. The quantitative estimate of drug-likeness (QED) is 0.448. The molecule has 3 aromatic heterocycles. The van der Waals surface area contributed by atoms with Gasteiger partial charge in [0.25, 0.3) is 5.56 Å². The number of aromatic nitrogens is 4. The minimum Gasteiger partial charge on any atom is -0.353 e. The molecule has 8 nitrogen and oxygen atoms in total. The average molecular weight is 471 g/mol. The van der Waals surface area contributed by atoms with Gasteiger partial charge < -0.3 is 14.4 Å². The summed E-state index contributed by atoms with van der Waals surface area (Å²) in [6, 6.07) is 15.8. The Morgan fingerprint density at radius 3 is 2.46 bits per heavy atom. The molecule has 8 heteroatoms. The maximum atomic E-state index is 13.4. The summed E-state index contributed by atoms with van der Waals surface area (Å²) in [6.07, 6.45) is 2.49. The van der Waals surface area contributed by atoms with Gasteiger partial charge in [-0.3, -0.25) is 9.59 Å². The second-order valence-electron chi connectivity index (χ2n) is 9.10. The SMILES string of the molecule is Cc1ccccc1-c1cc2n(C)c(C)c(CCC(=O)N3CCN(c4ccccn4)CC3)c(=O)n2n1. The molecule has 5 rings (SSSR count). The fourth-order valence-electron chi connectivity index (χ4n) is 4.81. The van der Waals surface area contributed by atoms with Gasteiger partial charge in [0.2, 0.25) is 5.91 Å². The molecule has 0 saturated carbocycles. The molecule has 0 unspecified atom stereocenters. The van der Waals surface area contributed by atoms with E-state index in [4.69, 9.17) is 0 Å². The van der Waals surface area contributed by atoms with Crippen molar-refractivity contribution in [1.82, 2.24) is 24.1 Å². The molecule has 1 amide bonds. The molecule has 1 aliphatic heterocycles. The Labute approximate surface area is 204 Å². The number of hydrogen-bond donors (Lipinski definition) is 0. The molecular weight excluding hydrogens is 440 g/mol. The van der Waals surface area contributed by atoms with E-state index in [1.165, 1.54) is 4.52 Å². The molecule has 0 N–H and O–H groups in total. The first kappa shape index (κ1) is 22.8. The third-order valence-electron chi connectivity index (χ3n) is 7.04. The molecule has 0 radical (unpaired) electrons. The van der Waals surface area contributed by atoms with Gasteiger partial charge in [0.15, 0.2) is 0 Å². The highest BCUT2D eigenvalue weighted by Gasteiger charge is 2.23. The van der Waals surface area contributed by atoms with Crippen molar-refractivity contribution in [2.24, 2.45) is 7.05 Å². The van der Waals surface area contributed by atoms with Gasteiger partial charge in [0.05, 0.1) is 5.69 Å². The first-order valence-corrected chi connectivity index (χ1v) is 12.0. The van der Waals surface area contributed by atoms with Gasteiger partial charge in [-0.1, -0.05) is 30.3 Å². The Hall–Kier alpha value is -3.94. The molecule has 0 aliphatic carbocycles. The van der Waals surface area contributed by atoms with Crippen molar-refractivity contribution in [3.8, 4) is 11.3 Å². The number of piperazine rings is 1. The number of anilines is 1. The molecule has 4 heterocycles. The lowest BCUT2D eigenvalue weighted by atomic mass is 10.1. The van der Waals surface area contributed by atoms with Crippen molar-refractivity contribution < 1.29 is 4.79 Å². The van der Waals surface area contributed by atoms with Crippen LogP contribution < -0.4 is 10.5 Å². The minimum atomic E-state index is -0.150. The first-order chi connectivity index (χ1) is 16.9. The maximum absolute atomic E-state index is 13.4. The van der Waals surface area contributed by atoms with Gasteiger partial charge >= 0.3 is 0 Å². The Bertz CT molecular complexity index is 1430. The summed E-state index contributed by atoms with van der Waals surface area (Å²) in [5.74, 6) is 1.02. The summed E-state index contributed by atoms with van der Waals surface area (Å²) in [5, 5.41) is 4.64. The summed E-state index contributed by atoms with van der Waals surface area (Å²) in [6.45, 7) is 6.80. The lowest BCUT2D eigenvalue weighted by molar-refractivity contribution is -0.131. The molecule has 180 valence electrons. The fourth-order valence-corrected chi connectivity index (χ4v) is 4.81. The molecule has 0 bridgehead atoms. The third-order valence-corrected chi connectivity index (χ3v) is 7.04. The molecule has 0 atom stereocenters. The Kier molecular flexibility index (Phi) is 6.11. The molecule has 35 heavy (non-hydrogen) atoms. The van der Waals surface area contributed by atoms with Crippen LogP contribution in [0.1, 0.15) is 23.2 Å². The topological polar surface area (TPSA) is 75.7 Å². The van der Waals surface area contributed by atoms with Crippen molar-refractivity contribution in [2.75, 3.05) is 31.1 Å². The summed E-state index contributed by atoms with van der Waals surface area (Å²) in [4.78, 5) is 34.8. The van der Waals surface area contributed by atoms with Crippen molar-refractivity contribution >= 4 is 17.4 Å². The zero-order chi connectivity index (χ0) is 24.5. The highest BCUT2D eigenvalue weighted by molar-refractivity contribution is 5.77. The Balaban J connectivity index is 1.32. The van der Waals surface area contributed by atoms with Crippen molar-refractivity contribution in [3.05, 3.63) is 81.9 Å². The molecule has 0 spiro atoms. The molecule has 4 aromatic rings. The number of rotatable bonds is 5. The Morgan fingerprint density at radius 1 is 1.00 bits per heavy atom. The molecular formula is C27H30N6O2. The van der Waals surface area contributed by atoms with E-state index in [-0.39, 0.29) is 11.5 Å². The minimum absolute atomic E-state index is 0.0771. The number of benzene rings is 1. The predicted molar refractivity (Wildman–Crippen MR) is 137 cm³/mol. The highest BCUT2D eigenvalue weighted by atomic mass is 16.2. The van der Waals surface area contributed by atoms with Crippen LogP contribution >= 0.6 is 0 Å². The van der Waals surface area contributed by atoms with Crippen LogP contribution in [-0.4, -0.2) is 56.2 Å². The van der Waals surface area contributed by atoms with Crippen molar-refractivity contribution in [1.29, 1.82) is 0 Å². The van der Waals surface area contributed by atoms with E-state index in [1.807, 2.05) is 78.9 Å². The van der Waals surface area contributed by atoms with Crippen LogP contribution in [0.2, 0.25) is 0 Å². The van der Waals surface area contributed by atoms with Gasteiger partial charge in [-0.05, 0) is 38.0 Å². The van der Waals surface area contributed by atoms with E-state index < -0.39 is 0 Å². The fraction of sp³-hybridized carbons (Fsp3) is 0.333. The monoisotopic (exact) mass is 470 g/mol. The summed E-state index contributed by atoms with van der Waals surface area (Å²) in [7, 11) is 1.94. The molecule has 1 aliphatic rings.